The van der Waals surface area contributed by atoms with Crippen LogP contribution in [-0.4, -0.2) is 0 Å². The first-order valence-corrected chi connectivity index (χ1v) is 6.47. The monoisotopic (exact) mass is 248 g/mol. The fourth-order valence-electron chi connectivity index (χ4n) is 2.47. The van der Waals surface area contributed by atoms with Gasteiger partial charge < -0.3 is 4.42 Å². The van der Waals surface area contributed by atoms with Crippen LogP contribution in [0, 0.1) is 6.92 Å². The number of benzene rings is 1. The van der Waals surface area contributed by atoms with Gasteiger partial charge in [0.15, 0.2) is 0 Å². The Morgan fingerprint density at radius 2 is 2.00 bits per heavy atom. The van der Waals surface area contributed by atoms with Crippen molar-refractivity contribution in [2.45, 2.75) is 12.8 Å². The highest BCUT2D eigenvalue weighted by Crippen LogP contribution is 2.19. The molecule has 0 fully saturated rings. The van der Waals surface area contributed by atoms with Gasteiger partial charge >= 0.3 is 0 Å². The van der Waals surface area contributed by atoms with Crippen LogP contribution in [0.5, 0.6) is 0 Å². The summed E-state index contributed by atoms with van der Waals surface area (Å²) < 4.78 is 5.87. The second kappa shape index (κ2) is 4.77. The lowest BCUT2D eigenvalue weighted by atomic mass is 9.99. The van der Waals surface area contributed by atoms with E-state index < -0.39 is 0 Å². The topological polar surface area (TPSA) is 13.1 Å². The Balaban J connectivity index is 2.18. The Hall–Kier alpha value is -2.28. The van der Waals surface area contributed by atoms with Crippen molar-refractivity contribution < 1.29 is 4.42 Å². The number of furan rings is 1. The van der Waals surface area contributed by atoms with Crippen LogP contribution in [0.2, 0.25) is 0 Å². The Morgan fingerprint density at radius 1 is 1.21 bits per heavy atom. The molecule has 1 unspecified atom stereocenters. The zero-order valence-corrected chi connectivity index (χ0v) is 11.0. The second-order valence-corrected chi connectivity index (χ2v) is 4.73. The molecular formula is C18H16O. The van der Waals surface area contributed by atoms with Crippen molar-refractivity contribution in [1.29, 1.82) is 0 Å². The van der Waals surface area contributed by atoms with Crippen molar-refractivity contribution in [1.82, 2.24) is 0 Å². The summed E-state index contributed by atoms with van der Waals surface area (Å²) in [5, 5.41) is 1.16. The van der Waals surface area contributed by atoms with E-state index in [1.807, 2.05) is 6.07 Å². The molecular weight excluding hydrogens is 232 g/mol. The summed E-state index contributed by atoms with van der Waals surface area (Å²) in [6, 6.07) is 10.4. The van der Waals surface area contributed by atoms with E-state index in [0.717, 1.165) is 22.0 Å². The Morgan fingerprint density at radius 3 is 2.74 bits per heavy atom. The van der Waals surface area contributed by atoms with E-state index in [2.05, 4.69) is 62.1 Å². The Bertz CT molecular complexity index is 745. The lowest BCUT2D eigenvalue weighted by molar-refractivity contribution is 0.519. The van der Waals surface area contributed by atoms with Crippen molar-refractivity contribution in [3.63, 3.8) is 0 Å². The van der Waals surface area contributed by atoms with E-state index in [-0.39, 0.29) is 5.92 Å². The van der Waals surface area contributed by atoms with Gasteiger partial charge in [0.25, 0.3) is 0 Å². The number of hydrogen-bond donors (Lipinski definition) is 0. The third-order valence-electron chi connectivity index (χ3n) is 3.54. The van der Waals surface area contributed by atoms with Crippen LogP contribution in [0.3, 0.4) is 0 Å². The molecule has 1 heterocycles. The van der Waals surface area contributed by atoms with Crippen LogP contribution < -0.4 is 10.6 Å². The summed E-state index contributed by atoms with van der Waals surface area (Å²) in [4.78, 5) is 0. The largest absolute Gasteiger partial charge is 0.457 e. The summed E-state index contributed by atoms with van der Waals surface area (Å²) in [6.45, 7) is 5.87. The molecule has 0 spiro atoms. The lowest BCUT2D eigenvalue weighted by Crippen LogP contribution is -2.21. The Kier molecular flexibility index (Phi) is 2.96. The molecule has 0 saturated heterocycles. The minimum Gasteiger partial charge on any atom is -0.457 e. The highest BCUT2D eigenvalue weighted by molar-refractivity contribution is 5.55. The summed E-state index contributed by atoms with van der Waals surface area (Å²) in [5.74, 6) is 1.11. The summed E-state index contributed by atoms with van der Waals surface area (Å²) in [5.41, 5.74) is 3.36. The first kappa shape index (κ1) is 11.8. The van der Waals surface area contributed by atoms with Gasteiger partial charge in [-0.1, -0.05) is 55.1 Å². The van der Waals surface area contributed by atoms with Crippen molar-refractivity contribution in [2.24, 2.45) is 0 Å². The van der Waals surface area contributed by atoms with Crippen molar-refractivity contribution in [3.8, 4) is 0 Å². The van der Waals surface area contributed by atoms with E-state index in [1.165, 1.54) is 5.56 Å². The van der Waals surface area contributed by atoms with Crippen LogP contribution in [-0.2, 0) is 0 Å². The SMILES string of the molecule is C=Cc1oc2c(c1C)=CC=CC(c1ccccc1)C=2. The third kappa shape index (κ3) is 2.08. The molecule has 3 rings (SSSR count). The van der Waals surface area contributed by atoms with Crippen LogP contribution in [0.25, 0.3) is 18.2 Å². The predicted molar refractivity (Wildman–Crippen MR) is 80.0 cm³/mol. The number of fused-ring (bicyclic) bond motifs is 1. The van der Waals surface area contributed by atoms with Crippen molar-refractivity contribution >= 4 is 18.2 Å². The van der Waals surface area contributed by atoms with E-state index >= 15 is 0 Å². The first-order chi connectivity index (χ1) is 9.29. The van der Waals surface area contributed by atoms with Crippen LogP contribution in [0.4, 0.5) is 0 Å². The summed E-state index contributed by atoms with van der Waals surface area (Å²) in [6.07, 6.45) is 10.4. The molecule has 1 aliphatic rings. The maximum atomic E-state index is 5.87. The van der Waals surface area contributed by atoms with Gasteiger partial charge in [-0.15, -0.1) is 0 Å². The van der Waals surface area contributed by atoms with Gasteiger partial charge in [0, 0.05) is 16.7 Å². The zero-order chi connectivity index (χ0) is 13.2. The molecule has 1 atom stereocenters. The molecule has 1 heteroatoms. The minimum absolute atomic E-state index is 0.252. The molecule has 0 radical (unpaired) electrons. The molecule has 2 aromatic rings. The van der Waals surface area contributed by atoms with Gasteiger partial charge in [-0.25, -0.2) is 0 Å². The van der Waals surface area contributed by atoms with Gasteiger partial charge in [0.05, 0.1) is 0 Å². The van der Waals surface area contributed by atoms with Crippen LogP contribution >= 0.6 is 0 Å². The normalized spacial score (nSPS) is 17.0. The number of rotatable bonds is 2. The molecule has 1 nitrogen and oxygen atoms in total. The number of allylic oxidation sites excluding steroid dienone is 2. The average Bonchev–Trinajstić information content (AvgIpc) is 2.64. The lowest BCUT2D eigenvalue weighted by Gasteiger charge is -2.06. The van der Waals surface area contributed by atoms with Gasteiger partial charge in [-0.2, -0.15) is 0 Å². The number of hydrogen-bond acceptors (Lipinski definition) is 1. The predicted octanol–water partition coefficient (Wildman–Crippen LogP) is 3.15. The second-order valence-electron chi connectivity index (χ2n) is 4.73. The van der Waals surface area contributed by atoms with Crippen molar-refractivity contribution in [3.05, 3.63) is 76.6 Å². The van der Waals surface area contributed by atoms with Crippen molar-refractivity contribution in [2.75, 3.05) is 0 Å². The minimum atomic E-state index is 0.252. The fourth-order valence-corrected chi connectivity index (χ4v) is 2.47. The fraction of sp³-hybridized carbons (Fsp3) is 0.111. The molecule has 94 valence electrons. The van der Waals surface area contributed by atoms with E-state index in [9.17, 15) is 0 Å². The molecule has 0 aliphatic heterocycles. The van der Waals surface area contributed by atoms with Crippen LogP contribution in [0.15, 0.2) is 53.5 Å². The molecule has 0 saturated carbocycles. The maximum absolute atomic E-state index is 5.87. The molecule has 19 heavy (non-hydrogen) atoms. The van der Waals surface area contributed by atoms with E-state index in [1.54, 1.807) is 6.08 Å². The van der Waals surface area contributed by atoms with Gasteiger partial charge in [0.1, 0.15) is 11.2 Å². The third-order valence-corrected chi connectivity index (χ3v) is 3.54. The van der Waals surface area contributed by atoms with Gasteiger partial charge in [-0.3, -0.25) is 0 Å². The van der Waals surface area contributed by atoms with E-state index in [0.29, 0.717) is 0 Å². The van der Waals surface area contributed by atoms with E-state index in [4.69, 9.17) is 4.42 Å². The van der Waals surface area contributed by atoms with Gasteiger partial charge in [0.2, 0.25) is 0 Å². The highest BCUT2D eigenvalue weighted by Gasteiger charge is 2.10. The molecule has 1 aromatic carbocycles. The quantitative estimate of drug-likeness (QED) is 0.795. The zero-order valence-electron chi connectivity index (χ0n) is 11.0. The smallest absolute Gasteiger partial charge is 0.132 e. The average molecular weight is 248 g/mol. The first-order valence-electron chi connectivity index (χ1n) is 6.47. The van der Waals surface area contributed by atoms with Crippen LogP contribution in [0.1, 0.15) is 22.8 Å². The molecule has 0 amide bonds. The molecule has 0 N–H and O–H groups in total. The summed E-state index contributed by atoms with van der Waals surface area (Å²) >= 11 is 0. The Labute approximate surface area is 112 Å². The molecule has 1 aromatic heterocycles. The summed E-state index contributed by atoms with van der Waals surface area (Å²) in [7, 11) is 0. The molecule has 1 aliphatic carbocycles. The standard InChI is InChI=1S/C18H16O/c1-3-17-13(2)16-11-7-10-15(12-18(16)19-17)14-8-5-4-6-9-14/h3-12,15H,1H2,2H3. The molecule has 0 bridgehead atoms. The highest BCUT2D eigenvalue weighted by atomic mass is 16.3. The van der Waals surface area contributed by atoms with Gasteiger partial charge in [-0.05, 0) is 24.6 Å². The maximum Gasteiger partial charge on any atom is 0.132 e.